The van der Waals surface area contributed by atoms with Gasteiger partial charge in [0.1, 0.15) is 17.9 Å². The summed E-state index contributed by atoms with van der Waals surface area (Å²) in [5.41, 5.74) is 1.39. The number of nitriles is 1. The summed E-state index contributed by atoms with van der Waals surface area (Å²) in [6.07, 6.45) is 4.93. The van der Waals surface area contributed by atoms with Gasteiger partial charge in [0.05, 0.1) is 6.20 Å². The SMILES string of the molecule is CC(C)(C)c1ccc(N(C(=O)[C@H]2CCCN2C#N)C(C(=O)NC2CCC(F)(F)CC2)c2cncc(F)c2)cc1. The number of hydrogen-bond donors (Lipinski definition) is 1. The summed E-state index contributed by atoms with van der Waals surface area (Å²) in [5.74, 6) is -4.55. The molecule has 0 bridgehead atoms. The molecule has 10 heteroatoms. The highest BCUT2D eigenvalue weighted by molar-refractivity contribution is 6.04. The fourth-order valence-corrected chi connectivity index (χ4v) is 5.29. The van der Waals surface area contributed by atoms with Crippen LogP contribution in [0.5, 0.6) is 0 Å². The van der Waals surface area contributed by atoms with Crippen LogP contribution in [0.25, 0.3) is 0 Å². The first-order valence-electron chi connectivity index (χ1n) is 13.3. The minimum Gasteiger partial charge on any atom is -0.351 e. The molecule has 1 aromatic heterocycles. The minimum atomic E-state index is -2.77. The van der Waals surface area contributed by atoms with Crippen LogP contribution in [-0.2, 0) is 15.0 Å². The summed E-state index contributed by atoms with van der Waals surface area (Å²) in [7, 11) is 0. The van der Waals surface area contributed by atoms with E-state index in [-0.39, 0.29) is 36.7 Å². The molecule has 1 unspecified atom stereocenters. The molecule has 4 rings (SSSR count). The van der Waals surface area contributed by atoms with E-state index in [1.165, 1.54) is 16.0 Å². The van der Waals surface area contributed by atoms with Crippen LogP contribution in [0.2, 0.25) is 0 Å². The van der Waals surface area contributed by atoms with Crippen LogP contribution in [0, 0.1) is 17.3 Å². The first-order chi connectivity index (χ1) is 18.4. The highest BCUT2D eigenvalue weighted by Gasteiger charge is 2.42. The second-order valence-electron chi connectivity index (χ2n) is 11.4. The number of alkyl halides is 2. The van der Waals surface area contributed by atoms with Gasteiger partial charge in [-0.05, 0) is 54.9 Å². The maximum absolute atomic E-state index is 14.4. The number of carbonyl (C=O) groups excluding carboxylic acids is 2. The summed E-state index contributed by atoms with van der Waals surface area (Å²) in [6.45, 7) is 6.57. The fourth-order valence-electron chi connectivity index (χ4n) is 5.29. The van der Waals surface area contributed by atoms with Gasteiger partial charge in [0.15, 0.2) is 6.19 Å². The third-order valence-corrected chi connectivity index (χ3v) is 7.53. The van der Waals surface area contributed by atoms with Gasteiger partial charge < -0.3 is 5.32 Å². The number of benzene rings is 1. The molecule has 208 valence electrons. The topological polar surface area (TPSA) is 89.3 Å². The average Bonchev–Trinajstić information content (AvgIpc) is 3.37. The van der Waals surface area contributed by atoms with Crippen molar-refractivity contribution >= 4 is 17.5 Å². The van der Waals surface area contributed by atoms with Crippen LogP contribution in [0.15, 0.2) is 42.7 Å². The number of likely N-dealkylation sites (tertiary alicyclic amines) is 1. The first-order valence-corrected chi connectivity index (χ1v) is 13.3. The second kappa shape index (κ2) is 11.2. The number of rotatable bonds is 6. The van der Waals surface area contributed by atoms with Gasteiger partial charge in [-0.15, -0.1) is 0 Å². The number of anilines is 1. The summed E-state index contributed by atoms with van der Waals surface area (Å²) < 4.78 is 41.9. The number of carbonyl (C=O) groups is 2. The Labute approximate surface area is 227 Å². The lowest BCUT2D eigenvalue weighted by Crippen LogP contribution is -2.52. The van der Waals surface area contributed by atoms with E-state index in [1.807, 2.05) is 12.1 Å². The van der Waals surface area contributed by atoms with Crippen LogP contribution in [0.3, 0.4) is 0 Å². The maximum atomic E-state index is 14.4. The zero-order valence-corrected chi connectivity index (χ0v) is 22.5. The van der Waals surface area contributed by atoms with Crippen LogP contribution < -0.4 is 10.2 Å². The molecule has 0 spiro atoms. The van der Waals surface area contributed by atoms with Crippen molar-refractivity contribution in [1.29, 1.82) is 5.26 Å². The standard InChI is InChI=1S/C29H34F3N5O2/c1-28(2,3)20-6-8-23(9-7-20)37(27(39)24-5-4-14-36(24)18-33)25(19-15-21(30)17-34-16-19)26(38)35-22-10-12-29(31,32)13-11-22/h6-9,15-17,22,24-25H,4-5,10-14H2,1-3H3,(H,35,38)/t24-,25?/m1/s1. The van der Waals surface area contributed by atoms with Crippen molar-refractivity contribution in [3.63, 3.8) is 0 Å². The minimum absolute atomic E-state index is 0.0892. The van der Waals surface area contributed by atoms with Gasteiger partial charge in [0.2, 0.25) is 11.8 Å². The third-order valence-electron chi connectivity index (χ3n) is 7.53. The fraction of sp³-hybridized carbons (Fsp3) is 0.517. The van der Waals surface area contributed by atoms with Crippen LogP contribution in [0.4, 0.5) is 18.9 Å². The first kappa shape index (κ1) is 28.4. The summed E-state index contributed by atoms with van der Waals surface area (Å²) in [6, 6.07) is 5.72. The molecule has 39 heavy (non-hydrogen) atoms. The summed E-state index contributed by atoms with van der Waals surface area (Å²) in [5, 5.41) is 12.5. The van der Waals surface area contributed by atoms with Gasteiger partial charge >= 0.3 is 0 Å². The van der Waals surface area contributed by atoms with Crippen LogP contribution in [0.1, 0.15) is 76.5 Å². The Kier molecular flexibility index (Phi) is 8.19. The van der Waals surface area contributed by atoms with Gasteiger partial charge in [-0.25, -0.2) is 13.2 Å². The van der Waals surface area contributed by atoms with Crippen molar-refractivity contribution in [2.24, 2.45) is 0 Å². The number of nitrogens with one attached hydrogen (secondary N) is 1. The average molecular weight is 542 g/mol. The van der Waals surface area contributed by atoms with Crippen molar-refractivity contribution in [3.05, 3.63) is 59.7 Å². The highest BCUT2D eigenvalue weighted by atomic mass is 19.3. The van der Waals surface area contributed by atoms with Gasteiger partial charge in [0, 0.05) is 42.9 Å². The number of halogens is 3. The molecular weight excluding hydrogens is 507 g/mol. The Bertz CT molecular complexity index is 1230. The molecule has 1 saturated carbocycles. The second-order valence-corrected chi connectivity index (χ2v) is 11.4. The Morgan fingerprint density at radius 2 is 1.82 bits per heavy atom. The van der Waals surface area contributed by atoms with Crippen molar-refractivity contribution in [3.8, 4) is 6.19 Å². The molecule has 7 nitrogen and oxygen atoms in total. The molecule has 0 radical (unpaired) electrons. The van der Waals surface area contributed by atoms with Crippen molar-refractivity contribution in [1.82, 2.24) is 15.2 Å². The zero-order valence-electron chi connectivity index (χ0n) is 22.5. The Morgan fingerprint density at radius 1 is 1.15 bits per heavy atom. The summed E-state index contributed by atoms with van der Waals surface area (Å²) >= 11 is 0. The van der Waals surface area contributed by atoms with E-state index >= 15 is 0 Å². The summed E-state index contributed by atoms with van der Waals surface area (Å²) in [4.78, 5) is 34.6. The maximum Gasteiger partial charge on any atom is 0.251 e. The molecule has 2 aromatic rings. The highest BCUT2D eigenvalue weighted by Crippen LogP contribution is 2.36. The number of nitrogens with zero attached hydrogens (tertiary/aromatic N) is 4. The Morgan fingerprint density at radius 3 is 2.41 bits per heavy atom. The van der Waals surface area contributed by atoms with E-state index in [1.54, 1.807) is 12.1 Å². The lowest BCUT2D eigenvalue weighted by molar-refractivity contribution is -0.129. The molecule has 1 N–H and O–H groups in total. The monoisotopic (exact) mass is 541 g/mol. The van der Waals surface area contributed by atoms with Crippen LogP contribution in [-0.4, -0.2) is 46.2 Å². The van der Waals surface area contributed by atoms with E-state index < -0.39 is 41.7 Å². The third kappa shape index (κ3) is 6.52. The van der Waals surface area contributed by atoms with E-state index in [0.29, 0.717) is 25.1 Å². The van der Waals surface area contributed by atoms with Crippen molar-refractivity contribution in [2.75, 3.05) is 11.4 Å². The van der Waals surface area contributed by atoms with Gasteiger partial charge in [-0.1, -0.05) is 32.9 Å². The Hall–Kier alpha value is -3.61. The molecule has 1 aliphatic heterocycles. The normalized spacial score (nSPS) is 20.2. The van der Waals surface area contributed by atoms with Crippen molar-refractivity contribution < 1.29 is 22.8 Å². The molecule has 2 heterocycles. The van der Waals surface area contributed by atoms with Gasteiger partial charge in [0.25, 0.3) is 5.91 Å². The molecule has 2 amide bonds. The van der Waals surface area contributed by atoms with Gasteiger partial charge in [-0.3, -0.25) is 24.4 Å². The van der Waals surface area contributed by atoms with E-state index in [9.17, 15) is 28.0 Å². The predicted molar refractivity (Wildman–Crippen MR) is 140 cm³/mol. The van der Waals surface area contributed by atoms with Crippen LogP contribution >= 0.6 is 0 Å². The number of hydrogen-bond acceptors (Lipinski definition) is 5. The van der Waals surface area contributed by atoms with E-state index in [4.69, 9.17) is 0 Å². The number of pyridine rings is 1. The largest absolute Gasteiger partial charge is 0.351 e. The smallest absolute Gasteiger partial charge is 0.251 e. The Balaban J connectivity index is 1.77. The molecule has 2 atom stereocenters. The van der Waals surface area contributed by atoms with Crippen molar-refractivity contribution in [2.45, 2.75) is 88.8 Å². The molecular formula is C29H34F3N5O2. The van der Waals surface area contributed by atoms with E-state index in [2.05, 4.69) is 37.3 Å². The molecule has 2 aliphatic rings. The number of aromatic nitrogens is 1. The zero-order chi connectivity index (χ0) is 28.4. The molecule has 2 fully saturated rings. The lowest BCUT2D eigenvalue weighted by atomic mass is 9.87. The predicted octanol–water partition coefficient (Wildman–Crippen LogP) is 5.23. The number of amides is 2. The molecule has 1 saturated heterocycles. The molecule has 1 aliphatic carbocycles. The van der Waals surface area contributed by atoms with E-state index in [0.717, 1.165) is 17.8 Å². The molecule has 1 aromatic carbocycles. The van der Waals surface area contributed by atoms with Gasteiger partial charge in [-0.2, -0.15) is 5.26 Å². The quantitative estimate of drug-likeness (QED) is 0.506. The lowest BCUT2D eigenvalue weighted by Gasteiger charge is -2.36.